The van der Waals surface area contributed by atoms with Crippen molar-refractivity contribution in [2.75, 3.05) is 32.2 Å². The summed E-state index contributed by atoms with van der Waals surface area (Å²) in [7, 11) is 3.57. The zero-order valence-electron chi connectivity index (χ0n) is 14.6. The number of aromatic nitrogens is 4. The summed E-state index contributed by atoms with van der Waals surface area (Å²) in [5.41, 5.74) is 1.22. The van der Waals surface area contributed by atoms with Crippen molar-refractivity contribution >= 4 is 17.0 Å². The third kappa shape index (κ3) is 3.20. The molecule has 2 heterocycles. The second kappa shape index (κ2) is 7.20. The maximum atomic E-state index is 10.3. The number of ether oxygens (including phenoxy) is 1. The minimum atomic E-state index is -0.973. The van der Waals surface area contributed by atoms with Gasteiger partial charge in [0, 0.05) is 33.2 Å². The van der Waals surface area contributed by atoms with E-state index in [1.165, 1.54) is 6.33 Å². The molecule has 1 fully saturated rings. The number of imidazole rings is 1. The smallest absolute Gasteiger partial charge is 0.165 e. The summed E-state index contributed by atoms with van der Waals surface area (Å²) in [6, 6.07) is -0.386. The lowest BCUT2D eigenvalue weighted by atomic mass is 10.1. The van der Waals surface area contributed by atoms with Gasteiger partial charge in [0.25, 0.3) is 0 Å². The second-order valence-corrected chi connectivity index (χ2v) is 6.68. The Labute approximate surface area is 145 Å². The molecular formula is C16H25N5O4. The lowest BCUT2D eigenvalue weighted by molar-refractivity contribution is -0.00370. The van der Waals surface area contributed by atoms with Crippen LogP contribution in [0.25, 0.3) is 11.2 Å². The molecule has 3 N–H and O–H groups in total. The van der Waals surface area contributed by atoms with Crippen molar-refractivity contribution < 1.29 is 20.1 Å². The molecule has 5 atom stereocenters. The van der Waals surface area contributed by atoms with E-state index in [-0.39, 0.29) is 24.7 Å². The lowest BCUT2D eigenvalue weighted by Crippen LogP contribution is -2.30. The monoisotopic (exact) mass is 351 g/mol. The van der Waals surface area contributed by atoms with Gasteiger partial charge in [-0.3, -0.25) is 0 Å². The van der Waals surface area contributed by atoms with Gasteiger partial charge in [0.2, 0.25) is 0 Å². The fourth-order valence-electron chi connectivity index (χ4n) is 3.46. The SMILES string of the molecule is COC(C)CN(C)c1ncnc2c1ncn2[C@@H]1C[C@H](CO)[C@@H](O)[C@H]1O. The van der Waals surface area contributed by atoms with Crippen molar-refractivity contribution in [2.24, 2.45) is 5.92 Å². The van der Waals surface area contributed by atoms with Crippen molar-refractivity contribution in [3.8, 4) is 0 Å². The molecule has 1 aliphatic carbocycles. The molecule has 9 nitrogen and oxygen atoms in total. The van der Waals surface area contributed by atoms with E-state index in [9.17, 15) is 15.3 Å². The summed E-state index contributed by atoms with van der Waals surface area (Å²) in [4.78, 5) is 15.0. The molecule has 0 radical (unpaired) electrons. The van der Waals surface area contributed by atoms with Gasteiger partial charge in [-0.05, 0) is 13.3 Å². The number of anilines is 1. The van der Waals surface area contributed by atoms with Crippen LogP contribution in [0.5, 0.6) is 0 Å². The summed E-state index contributed by atoms with van der Waals surface area (Å²) in [6.07, 6.45) is 1.63. The number of likely N-dealkylation sites (N-methyl/N-ethyl adjacent to an activating group) is 1. The highest BCUT2D eigenvalue weighted by Crippen LogP contribution is 2.37. The molecule has 2 aromatic heterocycles. The van der Waals surface area contributed by atoms with E-state index in [1.807, 2.05) is 18.9 Å². The first-order chi connectivity index (χ1) is 12.0. The van der Waals surface area contributed by atoms with Crippen LogP contribution in [0.3, 0.4) is 0 Å². The Kier molecular flexibility index (Phi) is 5.19. The Morgan fingerprint density at radius 3 is 2.72 bits per heavy atom. The summed E-state index contributed by atoms with van der Waals surface area (Å²) in [5, 5.41) is 29.8. The van der Waals surface area contributed by atoms with Gasteiger partial charge < -0.3 is 29.5 Å². The van der Waals surface area contributed by atoms with Crippen LogP contribution in [0.2, 0.25) is 0 Å². The molecule has 1 unspecified atom stereocenters. The number of fused-ring (bicyclic) bond motifs is 1. The molecule has 0 saturated heterocycles. The number of aliphatic hydroxyl groups excluding tert-OH is 3. The average Bonchev–Trinajstić information content (AvgIpc) is 3.16. The number of hydrogen-bond acceptors (Lipinski definition) is 8. The Hall–Kier alpha value is -1.81. The van der Waals surface area contributed by atoms with Gasteiger partial charge in [0.1, 0.15) is 12.4 Å². The van der Waals surface area contributed by atoms with Gasteiger partial charge in [-0.1, -0.05) is 0 Å². The molecule has 1 saturated carbocycles. The van der Waals surface area contributed by atoms with Gasteiger partial charge in [-0.25, -0.2) is 15.0 Å². The molecule has 0 aromatic carbocycles. The van der Waals surface area contributed by atoms with Crippen molar-refractivity contribution in [1.29, 1.82) is 0 Å². The zero-order valence-corrected chi connectivity index (χ0v) is 14.6. The Balaban J connectivity index is 1.94. The molecular weight excluding hydrogens is 326 g/mol. The van der Waals surface area contributed by atoms with Crippen LogP contribution in [-0.4, -0.2) is 80.5 Å². The summed E-state index contributed by atoms with van der Waals surface area (Å²) in [6.45, 7) is 2.45. The summed E-state index contributed by atoms with van der Waals surface area (Å²) >= 11 is 0. The molecule has 2 aromatic rings. The summed E-state index contributed by atoms with van der Waals surface area (Å²) in [5.74, 6) is 0.323. The van der Waals surface area contributed by atoms with Crippen LogP contribution in [0.15, 0.2) is 12.7 Å². The van der Waals surface area contributed by atoms with E-state index in [0.717, 1.165) is 0 Å². The maximum Gasteiger partial charge on any atom is 0.165 e. The van der Waals surface area contributed by atoms with Gasteiger partial charge in [0.15, 0.2) is 17.0 Å². The highest BCUT2D eigenvalue weighted by atomic mass is 16.5. The molecule has 138 valence electrons. The highest BCUT2D eigenvalue weighted by Gasteiger charge is 2.42. The Morgan fingerprint density at radius 1 is 1.32 bits per heavy atom. The van der Waals surface area contributed by atoms with E-state index in [0.29, 0.717) is 29.9 Å². The quantitative estimate of drug-likeness (QED) is 0.642. The van der Waals surface area contributed by atoms with Crippen LogP contribution in [0.4, 0.5) is 5.82 Å². The summed E-state index contributed by atoms with van der Waals surface area (Å²) < 4.78 is 7.06. The first kappa shape index (κ1) is 18.0. The first-order valence-electron chi connectivity index (χ1n) is 8.36. The normalized spacial score (nSPS) is 27.8. The maximum absolute atomic E-state index is 10.3. The predicted molar refractivity (Wildman–Crippen MR) is 91.3 cm³/mol. The Morgan fingerprint density at radius 2 is 2.08 bits per heavy atom. The van der Waals surface area contributed by atoms with E-state index in [2.05, 4.69) is 15.0 Å². The standard InChI is InChI=1S/C16H25N5O4/c1-9(25-3)5-20(2)15-12-16(18-7-17-15)21(8-19-12)11-4-10(6-22)13(23)14(11)24/h7-11,13-14,22-24H,4-6H2,1-3H3/t9?,10-,11-,13-,14+/m1/s1. The molecule has 9 heteroatoms. The van der Waals surface area contributed by atoms with Crippen molar-refractivity contribution in [3.05, 3.63) is 12.7 Å². The van der Waals surface area contributed by atoms with Gasteiger partial charge >= 0.3 is 0 Å². The van der Waals surface area contributed by atoms with Crippen LogP contribution in [0, 0.1) is 5.92 Å². The van der Waals surface area contributed by atoms with Crippen molar-refractivity contribution in [1.82, 2.24) is 19.5 Å². The topological polar surface area (TPSA) is 117 Å². The molecule has 3 rings (SSSR count). The Bertz CT molecular complexity index is 724. The second-order valence-electron chi connectivity index (χ2n) is 6.68. The zero-order chi connectivity index (χ0) is 18.1. The van der Waals surface area contributed by atoms with E-state index >= 15 is 0 Å². The predicted octanol–water partition coefficient (Wildman–Crippen LogP) is -0.427. The fourth-order valence-corrected chi connectivity index (χ4v) is 3.46. The molecule has 0 spiro atoms. The lowest BCUT2D eigenvalue weighted by Gasteiger charge is -2.22. The first-order valence-corrected chi connectivity index (χ1v) is 8.36. The average molecular weight is 351 g/mol. The van der Waals surface area contributed by atoms with Crippen LogP contribution < -0.4 is 4.90 Å². The highest BCUT2D eigenvalue weighted by molar-refractivity contribution is 5.83. The largest absolute Gasteiger partial charge is 0.396 e. The molecule has 1 aliphatic rings. The third-order valence-electron chi connectivity index (χ3n) is 5.00. The molecule has 0 bridgehead atoms. The van der Waals surface area contributed by atoms with E-state index < -0.39 is 12.2 Å². The third-order valence-corrected chi connectivity index (χ3v) is 5.00. The van der Waals surface area contributed by atoms with Crippen molar-refractivity contribution in [2.45, 2.75) is 37.7 Å². The molecule has 0 aliphatic heterocycles. The van der Waals surface area contributed by atoms with Crippen LogP contribution in [0.1, 0.15) is 19.4 Å². The van der Waals surface area contributed by atoms with Crippen LogP contribution >= 0.6 is 0 Å². The van der Waals surface area contributed by atoms with Gasteiger partial charge in [-0.2, -0.15) is 0 Å². The number of rotatable bonds is 6. The van der Waals surface area contributed by atoms with Crippen molar-refractivity contribution in [3.63, 3.8) is 0 Å². The number of methoxy groups -OCH3 is 1. The molecule has 25 heavy (non-hydrogen) atoms. The van der Waals surface area contributed by atoms with E-state index in [1.54, 1.807) is 18.0 Å². The van der Waals surface area contributed by atoms with Crippen LogP contribution in [-0.2, 0) is 4.74 Å². The van der Waals surface area contributed by atoms with Gasteiger partial charge in [0.05, 0.1) is 24.6 Å². The number of nitrogens with zero attached hydrogens (tertiary/aromatic N) is 5. The van der Waals surface area contributed by atoms with E-state index in [4.69, 9.17) is 4.74 Å². The minimum absolute atomic E-state index is 0.0363. The fraction of sp³-hybridized carbons (Fsp3) is 0.688. The minimum Gasteiger partial charge on any atom is -0.396 e. The van der Waals surface area contributed by atoms with Gasteiger partial charge in [-0.15, -0.1) is 0 Å². The molecule has 0 amide bonds. The number of hydrogen-bond donors (Lipinski definition) is 3. The number of aliphatic hydroxyl groups is 3.